The third kappa shape index (κ3) is 4.31. The molecule has 3 heterocycles. The van der Waals surface area contributed by atoms with Crippen LogP contribution in [0.5, 0.6) is 5.75 Å². The van der Waals surface area contributed by atoms with Crippen molar-refractivity contribution in [2.75, 3.05) is 12.4 Å². The fourth-order valence-corrected chi connectivity index (χ4v) is 6.97. The fraction of sp³-hybridized carbons (Fsp3) is 0.452. The number of carbonyl (C=O) groups is 3. The first kappa shape index (κ1) is 25.6. The number of fused-ring (bicyclic) bond motifs is 1. The van der Waals surface area contributed by atoms with E-state index in [0.717, 1.165) is 31.2 Å². The second-order valence-electron chi connectivity index (χ2n) is 11.1. The molecule has 3 aliphatic heterocycles. The van der Waals surface area contributed by atoms with Crippen LogP contribution in [0.1, 0.15) is 50.6 Å². The molecule has 8 heteroatoms. The Morgan fingerprint density at radius 1 is 1.05 bits per heavy atom. The van der Waals surface area contributed by atoms with Gasteiger partial charge in [0.2, 0.25) is 17.7 Å². The lowest BCUT2D eigenvalue weighted by molar-refractivity contribution is -0.143. The smallest absolute Gasteiger partial charge is 0.246 e. The van der Waals surface area contributed by atoms with Gasteiger partial charge in [0.25, 0.3) is 0 Å². The minimum Gasteiger partial charge on any atom is -0.497 e. The van der Waals surface area contributed by atoms with Gasteiger partial charge in [-0.15, -0.1) is 0 Å². The van der Waals surface area contributed by atoms with Gasteiger partial charge in [-0.05, 0) is 37.5 Å². The summed E-state index contributed by atoms with van der Waals surface area (Å²) in [5.74, 6) is -1.68. The number of carbonyl (C=O) groups excluding carboxylic acids is 3. The zero-order valence-electron chi connectivity index (χ0n) is 22.3. The average Bonchev–Trinajstić information content (AvgIpc) is 3.61. The van der Waals surface area contributed by atoms with Crippen molar-refractivity contribution in [3.05, 3.63) is 72.3 Å². The van der Waals surface area contributed by atoms with E-state index in [2.05, 4.69) is 10.6 Å². The van der Waals surface area contributed by atoms with E-state index in [4.69, 9.17) is 9.47 Å². The zero-order chi connectivity index (χ0) is 27.1. The Hall–Kier alpha value is -3.65. The molecular weight excluding hydrogens is 494 g/mol. The van der Waals surface area contributed by atoms with Crippen molar-refractivity contribution in [2.24, 2.45) is 11.8 Å². The number of likely N-dealkylation sites (tertiary alicyclic amines) is 1. The Morgan fingerprint density at radius 2 is 1.82 bits per heavy atom. The quantitative estimate of drug-likeness (QED) is 0.529. The first-order chi connectivity index (χ1) is 18.9. The van der Waals surface area contributed by atoms with Crippen molar-refractivity contribution in [3.8, 4) is 5.75 Å². The number of benzene rings is 2. The number of nitrogens with one attached hydrogen (secondary N) is 2. The molecule has 1 spiro atoms. The van der Waals surface area contributed by atoms with Gasteiger partial charge < -0.3 is 25.0 Å². The third-order valence-electron chi connectivity index (χ3n) is 8.85. The van der Waals surface area contributed by atoms with Crippen molar-refractivity contribution in [1.82, 2.24) is 10.2 Å². The molecule has 4 aliphatic rings. The third-order valence-corrected chi connectivity index (χ3v) is 8.85. The number of nitrogens with zero attached hydrogens (tertiary/aromatic N) is 1. The Kier molecular flexibility index (Phi) is 6.67. The van der Waals surface area contributed by atoms with Crippen LogP contribution in [0, 0.1) is 11.8 Å². The highest BCUT2D eigenvalue weighted by Crippen LogP contribution is 2.56. The molecule has 2 aromatic rings. The van der Waals surface area contributed by atoms with Crippen LogP contribution in [0.4, 0.5) is 5.69 Å². The van der Waals surface area contributed by atoms with Crippen LogP contribution in [0.3, 0.4) is 0 Å². The first-order valence-corrected chi connectivity index (χ1v) is 13.9. The highest BCUT2D eigenvalue weighted by Gasteiger charge is 2.73. The van der Waals surface area contributed by atoms with Gasteiger partial charge in [-0.3, -0.25) is 14.4 Å². The standard InChI is InChI=1S/C31H35N3O5/c1-19(20-10-5-3-6-11-20)34-27(29(36)32-21-12-7-4-8-13-21)31-17-16-24(39-31)25(26(31)30(34)37)28(35)33-22-14-9-15-23(18-22)38-2/h3,5-6,9-11,14-19,21,24-27H,4,7-8,12-13H2,1-2H3,(H,32,36)(H,33,35)/t19?,24-,25?,26-,27?,31?/m0/s1. The van der Waals surface area contributed by atoms with E-state index in [1.54, 1.807) is 36.3 Å². The summed E-state index contributed by atoms with van der Waals surface area (Å²) in [5.41, 5.74) is 0.306. The lowest BCUT2D eigenvalue weighted by atomic mass is 9.74. The minimum absolute atomic E-state index is 0.0837. The molecule has 0 aromatic heterocycles. The van der Waals surface area contributed by atoms with Crippen molar-refractivity contribution in [1.29, 1.82) is 0 Å². The Labute approximate surface area is 228 Å². The van der Waals surface area contributed by atoms with Gasteiger partial charge in [0, 0.05) is 17.8 Å². The van der Waals surface area contributed by atoms with Crippen LogP contribution in [0.2, 0.25) is 0 Å². The first-order valence-electron chi connectivity index (χ1n) is 13.9. The van der Waals surface area contributed by atoms with Crippen molar-refractivity contribution >= 4 is 23.4 Å². The normalized spacial score (nSPS) is 30.2. The molecule has 204 valence electrons. The molecule has 2 aromatic carbocycles. The maximum atomic E-state index is 14.3. The summed E-state index contributed by atoms with van der Waals surface area (Å²) in [6, 6.07) is 15.6. The van der Waals surface area contributed by atoms with Crippen LogP contribution in [0.15, 0.2) is 66.7 Å². The molecule has 2 saturated heterocycles. The largest absolute Gasteiger partial charge is 0.497 e. The number of hydrogen-bond donors (Lipinski definition) is 2. The van der Waals surface area contributed by atoms with Gasteiger partial charge in [0.1, 0.15) is 17.4 Å². The molecule has 2 bridgehead atoms. The van der Waals surface area contributed by atoms with Gasteiger partial charge in [-0.1, -0.05) is 67.8 Å². The van der Waals surface area contributed by atoms with Crippen LogP contribution in [0.25, 0.3) is 0 Å². The van der Waals surface area contributed by atoms with Crippen LogP contribution in [-0.4, -0.2) is 53.5 Å². The molecular formula is C31H35N3O5. The van der Waals surface area contributed by atoms with Gasteiger partial charge in [-0.2, -0.15) is 0 Å². The van der Waals surface area contributed by atoms with E-state index in [9.17, 15) is 14.4 Å². The van der Waals surface area contributed by atoms with Gasteiger partial charge >= 0.3 is 0 Å². The fourth-order valence-electron chi connectivity index (χ4n) is 6.97. The summed E-state index contributed by atoms with van der Waals surface area (Å²) >= 11 is 0. The van der Waals surface area contributed by atoms with Crippen molar-refractivity contribution < 1.29 is 23.9 Å². The summed E-state index contributed by atoms with van der Waals surface area (Å²) in [7, 11) is 1.57. The van der Waals surface area contributed by atoms with Crippen LogP contribution in [-0.2, 0) is 19.1 Å². The molecule has 3 amide bonds. The number of amides is 3. The van der Waals surface area contributed by atoms with Crippen LogP contribution < -0.4 is 15.4 Å². The highest BCUT2D eigenvalue weighted by atomic mass is 16.5. The van der Waals surface area contributed by atoms with E-state index in [0.29, 0.717) is 11.4 Å². The van der Waals surface area contributed by atoms with Gasteiger partial charge in [-0.25, -0.2) is 0 Å². The maximum Gasteiger partial charge on any atom is 0.246 e. The molecule has 0 radical (unpaired) electrons. The summed E-state index contributed by atoms with van der Waals surface area (Å²) in [4.78, 5) is 43.7. The van der Waals surface area contributed by atoms with Gasteiger partial charge in [0.15, 0.2) is 0 Å². The number of methoxy groups -OCH3 is 1. The monoisotopic (exact) mass is 529 g/mol. The topological polar surface area (TPSA) is 97.0 Å². The molecule has 1 aliphatic carbocycles. The summed E-state index contributed by atoms with van der Waals surface area (Å²) in [6.07, 6.45) is 8.33. The minimum atomic E-state index is -1.19. The van der Waals surface area contributed by atoms with Crippen LogP contribution >= 0.6 is 0 Å². The maximum absolute atomic E-state index is 14.3. The van der Waals surface area contributed by atoms with Crippen molar-refractivity contribution in [3.63, 3.8) is 0 Å². The molecule has 8 nitrogen and oxygen atoms in total. The Morgan fingerprint density at radius 3 is 2.56 bits per heavy atom. The SMILES string of the molecule is COc1cccc(NC(=O)C2[C@@H]3C=CC4(O3)C(C(=O)NC3CCCCC3)N(C(C)c3ccccc3)C(=O)[C@H]24)c1. The predicted octanol–water partition coefficient (Wildman–Crippen LogP) is 3.99. The average molecular weight is 530 g/mol. The molecule has 1 saturated carbocycles. The van der Waals surface area contributed by atoms with E-state index in [1.165, 1.54) is 6.42 Å². The Balaban J connectivity index is 1.34. The number of ether oxygens (including phenoxy) is 2. The van der Waals surface area contributed by atoms with E-state index >= 15 is 0 Å². The molecule has 6 rings (SSSR count). The van der Waals surface area contributed by atoms with Crippen molar-refractivity contribution in [2.45, 2.75) is 68.9 Å². The lowest BCUT2D eigenvalue weighted by Crippen LogP contribution is -2.56. The molecule has 6 atom stereocenters. The van der Waals surface area contributed by atoms with Gasteiger partial charge in [0.05, 0.1) is 31.1 Å². The molecule has 4 unspecified atom stereocenters. The van der Waals surface area contributed by atoms with E-state index in [-0.39, 0.29) is 29.8 Å². The lowest BCUT2D eigenvalue weighted by Gasteiger charge is -2.37. The Bertz CT molecular complexity index is 1290. The van der Waals surface area contributed by atoms with E-state index in [1.807, 2.05) is 49.4 Å². The number of hydrogen-bond acceptors (Lipinski definition) is 5. The molecule has 3 fully saturated rings. The summed E-state index contributed by atoms with van der Waals surface area (Å²) < 4.78 is 11.8. The molecule has 2 N–H and O–H groups in total. The van der Waals surface area contributed by atoms with E-state index < -0.39 is 29.6 Å². The number of rotatable bonds is 7. The highest BCUT2D eigenvalue weighted by molar-refractivity contribution is 6.03. The predicted molar refractivity (Wildman–Crippen MR) is 146 cm³/mol. The zero-order valence-corrected chi connectivity index (χ0v) is 22.3. The second kappa shape index (κ2) is 10.2. The molecule has 39 heavy (non-hydrogen) atoms. The summed E-state index contributed by atoms with van der Waals surface area (Å²) in [5, 5.41) is 6.20. The second-order valence-corrected chi connectivity index (χ2v) is 11.1. The number of anilines is 1. The summed E-state index contributed by atoms with van der Waals surface area (Å²) in [6.45, 7) is 1.94.